The Morgan fingerprint density at radius 2 is 2.00 bits per heavy atom. The van der Waals surface area contributed by atoms with Crippen LogP contribution in [0.25, 0.3) is 10.9 Å². The Bertz CT molecular complexity index is 1090. The highest BCUT2D eigenvalue weighted by atomic mass is 32.2. The second-order valence-corrected chi connectivity index (χ2v) is 9.89. The minimum Gasteiger partial charge on any atom is -0.452 e. The number of aromatic nitrogens is 1. The van der Waals surface area contributed by atoms with Crippen molar-refractivity contribution < 1.29 is 22.7 Å². The molecule has 1 atom stereocenters. The van der Waals surface area contributed by atoms with Gasteiger partial charge in [0.15, 0.2) is 16.4 Å². The van der Waals surface area contributed by atoms with E-state index in [0.29, 0.717) is 23.9 Å². The number of ether oxygens (including phenoxy) is 1. The van der Waals surface area contributed by atoms with Crippen LogP contribution in [0.2, 0.25) is 0 Å². The molecule has 1 aromatic carbocycles. The third-order valence-corrected chi connectivity index (χ3v) is 6.58. The topological polar surface area (TPSA) is 114 Å². The zero-order chi connectivity index (χ0) is 21.2. The van der Waals surface area contributed by atoms with Crippen LogP contribution in [0.4, 0.5) is 0 Å². The van der Waals surface area contributed by atoms with Gasteiger partial charge in [0.05, 0.1) is 17.1 Å². The molecule has 1 aliphatic heterocycles. The summed E-state index contributed by atoms with van der Waals surface area (Å²) in [4.78, 5) is 41.2. The van der Waals surface area contributed by atoms with Gasteiger partial charge in [-0.1, -0.05) is 32.0 Å². The van der Waals surface area contributed by atoms with Crippen molar-refractivity contribution in [3.05, 3.63) is 46.2 Å². The molecule has 1 fully saturated rings. The van der Waals surface area contributed by atoms with Crippen LogP contribution in [0.1, 0.15) is 30.6 Å². The second-order valence-electron chi connectivity index (χ2n) is 7.67. The maximum atomic E-state index is 12.7. The van der Waals surface area contributed by atoms with E-state index in [2.05, 4.69) is 4.98 Å². The molecule has 0 radical (unpaired) electrons. The smallest absolute Gasteiger partial charge is 0.339 e. The van der Waals surface area contributed by atoms with Crippen LogP contribution in [-0.2, 0) is 19.4 Å². The van der Waals surface area contributed by atoms with E-state index in [4.69, 9.17) is 4.74 Å². The molecule has 0 spiro atoms. The van der Waals surface area contributed by atoms with Crippen LogP contribution in [0.3, 0.4) is 0 Å². The zero-order valence-electron chi connectivity index (χ0n) is 16.4. The molecule has 0 saturated carbocycles. The van der Waals surface area contributed by atoms with Crippen molar-refractivity contribution in [3.8, 4) is 0 Å². The molecule has 2 aromatic rings. The molecule has 156 valence electrons. The third kappa shape index (κ3) is 5.03. The Morgan fingerprint density at radius 3 is 2.66 bits per heavy atom. The van der Waals surface area contributed by atoms with Gasteiger partial charge < -0.3 is 14.6 Å². The molecule has 9 heteroatoms. The number of carbonyl (C=O) groups is 2. The van der Waals surface area contributed by atoms with E-state index in [1.807, 2.05) is 13.8 Å². The maximum absolute atomic E-state index is 12.7. The number of nitrogens with zero attached hydrogens (tertiary/aromatic N) is 1. The van der Waals surface area contributed by atoms with E-state index in [1.54, 1.807) is 24.3 Å². The highest BCUT2D eigenvalue weighted by molar-refractivity contribution is 7.91. The van der Waals surface area contributed by atoms with Crippen LogP contribution < -0.4 is 5.56 Å². The maximum Gasteiger partial charge on any atom is 0.339 e. The molecule has 8 nitrogen and oxygen atoms in total. The summed E-state index contributed by atoms with van der Waals surface area (Å²) in [7, 11) is -3.15. The minimum absolute atomic E-state index is 0.0537. The lowest BCUT2D eigenvalue weighted by atomic mass is 10.1. The molecule has 2 heterocycles. The number of pyridine rings is 1. The normalized spacial score (nSPS) is 18.1. The molecule has 0 unspecified atom stereocenters. The molecular formula is C20H24N2O6S. The van der Waals surface area contributed by atoms with E-state index in [0.717, 1.165) is 6.07 Å². The summed E-state index contributed by atoms with van der Waals surface area (Å²) in [5, 5.41) is 0.519. The Morgan fingerprint density at radius 1 is 1.28 bits per heavy atom. The predicted molar refractivity (Wildman–Crippen MR) is 108 cm³/mol. The van der Waals surface area contributed by atoms with Crippen molar-refractivity contribution in [3.63, 3.8) is 0 Å². The summed E-state index contributed by atoms with van der Waals surface area (Å²) < 4.78 is 28.8. The molecule has 1 aromatic heterocycles. The van der Waals surface area contributed by atoms with Gasteiger partial charge in [-0.15, -0.1) is 0 Å². The van der Waals surface area contributed by atoms with Gasteiger partial charge in [-0.3, -0.25) is 9.59 Å². The average molecular weight is 420 g/mol. The van der Waals surface area contributed by atoms with Crippen molar-refractivity contribution in [2.45, 2.75) is 26.3 Å². The van der Waals surface area contributed by atoms with Crippen LogP contribution in [-0.4, -0.2) is 60.9 Å². The van der Waals surface area contributed by atoms with Crippen molar-refractivity contribution in [1.82, 2.24) is 9.88 Å². The third-order valence-electron chi connectivity index (χ3n) is 4.83. The largest absolute Gasteiger partial charge is 0.452 e. The van der Waals surface area contributed by atoms with E-state index in [9.17, 15) is 22.8 Å². The molecule has 0 bridgehead atoms. The Labute approximate surface area is 168 Å². The summed E-state index contributed by atoms with van der Waals surface area (Å²) in [6, 6.07) is 7.55. The molecule has 3 rings (SSSR count). The molecule has 1 amide bonds. The van der Waals surface area contributed by atoms with Gasteiger partial charge >= 0.3 is 5.97 Å². The number of sulfone groups is 1. The molecule has 0 aliphatic carbocycles. The number of carbonyl (C=O) groups excluding carboxylic acids is 2. The number of para-hydroxylation sites is 1. The van der Waals surface area contributed by atoms with Crippen molar-refractivity contribution in [1.29, 1.82) is 0 Å². The number of H-pyrrole nitrogens is 1. The van der Waals surface area contributed by atoms with Crippen molar-refractivity contribution >= 4 is 32.6 Å². The quantitative estimate of drug-likeness (QED) is 0.706. The summed E-state index contributed by atoms with van der Waals surface area (Å²) >= 11 is 0. The Hall–Kier alpha value is -2.68. The molecular weight excluding hydrogens is 396 g/mol. The number of rotatable bonds is 6. The average Bonchev–Trinajstić information content (AvgIpc) is 3.02. The fraction of sp³-hybridized carbons (Fsp3) is 0.450. The van der Waals surface area contributed by atoms with Crippen molar-refractivity contribution in [2.75, 3.05) is 24.7 Å². The Balaban J connectivity index is 1.75. The molecule has 1 aliphatic rings. The number of aromatic amines is 1. The molecule has 1 N–H and O–H groups in total. The fourth-order valence-corrected chi connectivity index (χ4v) is 5.26. The fourth-order valence-electron chi connectivity index (χ4n) is 3.53. The van der Waals surface area contributed by atoms with E-state index in [1.165, 1.54) is 4.90 Å². The highest BCUT2D eigenvalue weighted by Crippen LogP contribution is 2.20. The van der Waals surface area contributed by atoms with Crippen LogP contribution >= 0.6 is 0 Å². The number of nitrogens with one attached hydrogen (secondary N) is 1. The first-order valence-corrected chi connectivity index (χ1v) is 11.3. The zero-order valence-corrected chi connectivity index (χ0v) is 17.2. The number of hydrogen-bond donors (Lipinski definition) is 1. The number of fused-ring (bicyclic) bond motifs is 1. The second kappa shape index (κ2) is 8.36. The van der Waals surface area contributed by atoms with Gasteiger partial charge in [-0.05, 0) is 18.4 Å². The standard InChI is InChI=1S/C20H24N2O6S/c1-13(2)10-22(14-7-8-29(26,27)12-14)19(24)11-28-20(25)16-9-18(23)21-17-6-4-3-5-15(16)17/h3-6,9,13-14H,7-8,10-12H2,1-2H3,(H,21,23)/t14-/m0/s1. The minimum atomic E-state index is -3.15. The predicted octanol–water partition coefficient (Wildman–Crippen LogP) is 1.36. The molecule has 29 heavy (non-hydrogen) atoms. The van der Waals surface area contributed by atoms with Gasteiger partial charge in [0, 0.05) is 29.6 Å². The summed E-state index contributed by atoms with van der Waals surface area (Å²) in [5.74, 6) is -1.10. The Kier molecular flexibility index (Phi) is 6.07. The number of benzene rings is 1. The first kappa shape index (κ1) is 21.0. The van der Waals surface area contributed by atoms with Crippen molar-refractivity contribution in [2.24, 2.45) is 5.92 Å². The van der Waals surface area contributed by atoms with Crippen LogP contribution in [0.15, 0.2) is 35.1 Å². The van der Waals surface area contributed by atoms with Gasteiger partial charge in [0.25, 0.3) is 5.91 Å². The highest BCUT2D eigenvalue weighted by Gasteiger charge is 2.35. The summed E-state index contributed by atoms with van der Waals surface area (Å²) in [6.07, 6.45) is 0.382. The van der Waals surface area contributed by atoms with E-state index < -0.39 is 39.9 Å². The van der Waals surface area contributed by atoms with Gasteiger partial charge in [0.2, 0.25) is 5.56 Å². The SMILES string of the molecule is CC(C)CN(C(=O)COC(=O)c1cc(=O)[nH]c2ccccc12)[C@H]1CCS(=O)(=O)C1. The first-order valence-electron chi connectivity index (χ1n) is 9.45. The monoisotopic (exact) mass is 420 g/mol. The van der Waals surface area contributed by atoms with Crippen LogP contribution in [0.5, 0.6) is 0 Å². The van der Waals surface area contributed by atoms with E-state index >= 15 is 0 Å². The van der Waals surface area contributed by atoms with Gasteiger partial charge in [-0.2, -0.15) is 0 Å². The summed E-state index contributed by atoms with van der Waals surface area (Å²) in [6.45, 7) is 3.73. The number of esters is 1. The first-order chi connectivity index (χ1) is 13.7. The van der Waals surface area contributed by atoms with E-state index in [-0.39, 0.29) is 23.0 Å². The number of hydrogen-bond acceptors (Lipinski definition) is 6. The van der Waals surface area contributed by atoms with Gasteiger partial charge in [-0.25, -0.2) is 13.2 Å². The van der Waals surface area contributed by atoms with Crippen LogP contribution in [0, 0.1) is 5.92 Å². The molecule has 1 saturated heterocycles. The number of amides is 1. The van der Waals surface area contributed by atoms with Gasteiger partial charge in [0.1, 0.15) is 0 Å². The lowest BCUT2D eigenvalue weighted by molar-refractivity contribution is -0.137. The summed E-state index contributed by atoms with van der Waals surface area (Å²) in [5.41, 5.74) is 0.131. The lowest BCUT2D eigenvalue weighted by Crippen LogP contribution is -2.45. The lowest BCUT2D eigenvalue weighted by Gasteiger charge is -2.29.